The van der Waals surface area contributed by atoms with Crippen LogP contribution in [-0.4, -0.2) is 48.2 Å². The maximum atomic E-state index is 10.9. The summed E-state index contributed by atoms with van der Waals surface area (Å²) < 4.78 is 1.82. The van der Waals surface area contributed by atoms with Gasteiger partial charge in [0, 0.05) is 18.9 Å². The monoisotopic (exact) mass is 299 g/mol. The van der Waals surface area contributed by atoms with Gasteiger partial charge >= 0.3 is 0 Å². The summed E-state index contributed by atoms with van der Waals surface area (Å²) in [6.45, 7) is 3.24. The Morgan fingerprint density at radius 2 is 2.32 bits per heavy atom. The van der Waals surface area contributed by atoms with Crippen molar-refractivity contribution in [1.82, 2.24) is 30.0 Å². The summed E-state index contributed by atoms with van der Waals surface area (Å²) in [5.41, 5.74) is 1.46. The Hall–Kier alpha value is -2.48. The molecule has 1 fully saturated rings. The molecule has 1 atom stereocenters. The van der Waals surface area contributed by atoms with E-state index in [0.717, 1.165) is 30.0 Å². The summed E-state index contributed by atoms with van der Waals surface area (Å²) in [5.74, 6) is 0.838. The number of hydrogen-bond acceptors (Lipinski definition) is 6. The number of anilines is 1. The summed E-state index contributed by atoms with van der Waals surface area (Å²) in [5, 5.41) is 25.8. The quantitative estimate of drug-likeness (QED) is 0.721. The smallest absolute Gasteiger partial charge is 0.154 e. The summed E-state index contributed by atoms with van der Waals surface area (Å²) in [6, 6.07) is 2.01. The molecule has 8 nitrogen and oxygen atoms in total. The van der Waals surface area contributed by atoms with Gasteiger partial charge in [-0.3, -0.25) is 0 Å². The van der Waals surface area contributed by atoms with Crippen LogP contribution in [0.1, 0.15) is 24.2 Å². The molecule has 2 N–H and O–H groups in total. The van der Waals surface area contributed by atoms with Gasteiger partial charge in [0.1, 0.15) is 16.8 Å². The van der Waals surface area contributed by atoms with E-state index in [-0.39, 0.29) is 0 Å². The van der Waals surface area contributed by atoms with Crippen LogP contribution in [0.2, 0.25) is 0 Å². The van der Waals surface area contributed by atoms with Crippen molar-refractivity contribution in [3.63, 3.8) is 0 Å². The highest BCUT2D eigenvalue weighted by molar-refractivity contribution is 5.69. The molecular formula is C14H17N7O. The van der Waals surface area contributed by atoms with Gasteiger partial charge in [-0.2, -0.15) is 20.5 Å². The zero-order chi connectivity index (χ0) is 15.2. The molecule has 1 aliphatic heterocycles. The van der Waals surface area contributed by atoms with E-state index in [1.807, 2.05) is 23.7 Å². The van der Waals surface area contributed by atoms with E-state index in [0.29, 0.717) is 18.7 Å². The second-order valence-electron chi connectivity index (χ2n) is 5.78. The van der Waals surface area contributed by atoms with Crippen LogP contribution in [0, 0.1) is 6.92 Å². The lowest BCUT2D eigenvalue weighted by molar-refractivity contribution is 0.0175. The second-order valence-corrected chi connectivity index (χ2v) is 5.78. The first kappa shape index (κ1) is 13.2. The van der Waals surface area contributed by atoms with E-state index in [1.54, 1.807) is 12.4 Å². The van der Waals surface area contributed by atoms with Crippen LogP contribution in [0.3, 0.4) is 0 Å². The van der Waals surface area contributed by atoms with Gasteiger partial charge in [0.2, 0.25) is 0 Å². The number of aliphatic hydroxyl groups is 1. The van der Waals surface area contributed by atoms with Gasteiger partial charge in [-0.15, -0.1) is 0 Å². The van der Waals surface area contributed by atoms with Crippen LogP contribution in [0.5, 0.6) is 0 Å². The molecule has 0 amide bonds. The number of H-pyrrole nitrogens is 1. The Morgan fingerprint density at radius 3 is 3.14 bits per heavy atom. The molecule has 3 aromatic rings. The Bertz CT molecular complexity index is 797. The maximum Gasteiger partial charge on any atom is 0.154 e. The van der Waals surface area contributed by atoms with Crippen LogP contribution >= 0.6 is 0 Å². The Kier molecular flexibility index (Phi) is 2.86. The highest BCUT2D eigenvalue weighted by Gasteiger charge is 2.38. The molecule has 1 unspecified atom stereocenters. The highest BCUT2D eigenvalue weighted by atomic mass is 16.3. The molecular weight excluding hydrogens is 282 g/mol. The number of aromatic nitrogens is 6. The minimum atomic E-state index is -1.01. The average Bonchev–Trinajstić information content (AvgIpc) is 3.15. The third-order valence-electron chi connectivity index (χ3n) is 4.15. The second kappa shape index (κ2) is 4.77. The molecule has 0 bridgehead atoms. The van der Waals surface area contributed by atoms with Crippen LogP contribution in [0.15, 0.2) is 24.7 Å². The first-order valence-corrected chi connectivity index (χ1v) is 7.30. The number of nitrogens with one attached hydrogen (secondary N) is 1. The van der Waals surface area contributed by atoms with Gasteiger partial charge < -0.3 is 10.0 Å². The number of rotatable bonds is 2. The number of hydrogen-bond donors (Lipinski definition) is 2. The Labute approximate surface area is 126 Å². The summed E-state index contributed by atoms with van der Waals surface area (Å²) in [6.07, 6.45) is 6.68. The van der Waals surface area contributed by atoms with E-state index in [2.05, 4.69) is 30.4 Å². The minimum Gasteiger partial charge on any atom is -0.382 e. The van der Waals surface area contributed by atoms with Crippen molar-refractivity contribution < 1.29 is 5.11 Å². The molecule has 22 heavy (non-hydrogen) atoms. The molecule has 0 aliphatic carbocycles. The van der Waals surface area contributed by atoms with Crippen molar-refractivity contribution in [2.45, 2.75) is 25.4 Å². The number of fused-ring (bicyclic) bond motifs is 1. The maximum absolute atomic E-state index is 10.9. The molecule has 8 heteroatoms. The van der Waals surface area contributed by atoms with Crippen molar-refractivity contribution in [2.24, 2.45) is 0 Å². The lowest BCUT2D eigenvalue weighted by atomic mass is 9.90. The van der Waals surface area contributed by atoms with Gasteiger partial charge in [0.25, 0.3) is 0 Å². The molecule has 114 valence electrons. The predicted octanol–water partition coefficient (Wildman–Crippen LogP) is 0.644. The zero-order valence-corrected chi connectivity index (χ0v) is 12.3. The first-order chi connectivity index (χ1) is 10.7. The number of aromatic amines is 1. The third kappa shape index (κ3) is 2.03. The SMILES string of the molecule is Cc1cc2c(N3CCCC(O)(c4cn[nH]n4)C3)nccn2n1. The zero-order valence-electron chi connectivity index (χ0n) is 12.3. The fraction of sp³-hybridized carbons (Fsp3) is 0.429. The van der Waals surface area contributed by atoms with E-state index < -0.39 is 5.60 Å². The van der Waals surface area contributed by atoms with Crippen molar-refractivity contribution in [3.8, 4) is 0 Å². The molecule has 4 rings (SSSR count). The normalized spacial score (nSPS) is 22.4. The predicted molar refractivity (Wildman–Crippen MR) is 79.5 cm³/mol. The first-order valence-electron chi connectivity index (χ1n) is 7.30. The summed E-state index contributed by atoms with van der Waals surface area (Å²) >= 11 is 0. The number of β-amino-alcohol motifs (C(OH)–C–C–N with tert-alkyl or cyclic N) is 1. The fourth-order valence-electron chi connectivity index (χ4n) is 3.13. The van der Waals surface area contributed by atoms with Crippen molar-refractivity contribution in [1.29, 1.82) is 0 Å². The fourth-order valence-corrected chi connectivity index (χ4v) is 3.13. The molecule has 4 heterocycles. The molecule has 0 spiro atoms. The van der Waals surface area contributed by atoms with Crippen LogP contribution < -0.4 is 4.90 Å². The van der Waals surface area contributed by atoms with Crippen molar-refractivity contribution >= 4 is 11.3 Å². The highest BCUT2D eigenvalue weighted by Crippen LogP contribution is 2.33. The molecule has 0 aromatic carbocycles. The van der Waals surface area contributed by atoms with Gasteiger partial charge in [0.15, 0.2) is 5.82 Å². The van der Waals surface area contributed by atoms with Gasteiger partial charge in [-0.1, -0.05) is 0 Å². The summed E-state index contributed by atoms with van der Waals surface area (Å²) in [4.78, 5) is 6.59. The molecule has 0 saturated carbocycles. The van der Waals surface area contributed by atoms with E-state index in [4.69, 9.17) is 0 Å². The molecule has 1 aliphatic rings. The number of piperidine rings is 1. The largest absolute Gasteiger partial charge is 0.382 e. The van der Waals surface area contributed by atoms with Crippen LogP contribution in [0.25, 0.3) is 5.52 Å². The van der Waals surface area contributed by atoms with Crippen LogP contribution in [-0.2, 0) is 5.60 Å². The van der Waals surface area contributed by atoms with Crippen molar-refractivity contribution in [3.05, 3.63) is 36.0 Å². The average molecular weight is 299 g/mol. The van der Waals surface area contributed by atoms with E-state index in [9.17, 15) is 5.11 Å². The van der Waals surface area contributed by atoms with Gasteiger partial charge in [-0.25, -0.2) is 9.50 Å². The standard InChI is InChI=1S/C14H17N7O/c1-10-7-11-13(15-4-6-21(11)18-10)20-5-2-3-14(22,9-20)12-8-16-19-17-12/h4,6-8,22H,2-3,5,9H2,1H3,(H,16,17,19). The lowest BCUT2D eigenvalue weighted by Crippen LogP contribution is -2.47. The summed E-state index contributed by atoms with van der Waals surface area (Å²) in [7, 11) is 0. The topological polar surface area (TPSA) is 95.2 Å². The van der Waals surface area contributed by atoms with E-state index in [1.165, 1.54) is 0 Å². The number of nitrogens with zero attached hydrogens (tertiary/aromatic N) is 6. The molecule has 1 saturated heterocycles. The van der Waals surface area contributed by atoms with E-state index >= 15 is 0 Å². The number of aryl methyl sites for hydroxylation is 1. The Balaban J connectivity index is 1.72. The lowest BCUT2D eigenvalue weighted by Gasteiger charge is -2.38. The van der Waals surface area contributed by atoms with Gasteiger partial charge in [-0.05, 0) is 25.8 Å². The van der Waals surface area contributed by atoms with Gasteiger partial charge in [0.05, 0.1) is 18.4 Å². The van der Waals surface area contributed by atoms with Crippen molar-refractivity contribution in [2.75, 3.05) is 18.0 Å². The third-order valence-corrected chi connectivity index (χ3v) is 4.15. The molecule has 3 aromatic heterocycles. The minimum absolute atomic E-state index is 0.441. The Morgan fingerprint density at radius 1 is 1.41 bits per heavy atom. The molecule has 0 radical (unpaired) electrons. The van der Waals surface area contributed by atoms with Crippen LogP contribution in [0.4, 0.5) is 5.82 Å².